The van der Waals surface area contributed by atoms with Crippen LogP contribution in [0.15, 0.2) is 36.4 Å². The Morgan fingerprint density at radius 1 is 1.44 bits per heavy atom. The summed E-state index contributed by atoms with van der Waals surface area (Å²) in [6, 6.07) is 6.85. The molecule has 0 radical (unpaired) electrons. The van der Waals surface area contributed by atoms with Crippen molar-refractivity contribution in [3.05, 3.63) is 42.0 Å². The highest BCUT2D eigenvalue weighted by atomic mass is 16.5. The molecule has 0 aliphatic heterocycles. The van der Waals surface area contributed by atoms with E-state index in [2.05, 4.69) is 4.74 Å². The molecule has 1 aromatic carbocycles. The Morgan fingerprint density at radius 3 is 2.56 bits per heavy atom. The molecule has 0 saturated heterocycles. The molecule has 3 heteroatoms. The van der Waals surface area contributed by atoms with Crippen LogP contribution >= 0.6 is 0 Å². The Hall–Kier alpha value is -1.77. The maximum atomic E-state index is 11.2. The van der Waals surface area contributed by atoms with Crippen molar-refractivity contribution in [1.82, 2.24) is 0 Å². The van der Waals surface area contributed by atoms with E-state index < -0.39 is 0 Å². The first-order valence-electron chi connectivity index (χ1n) is 5.16. The van der Waals surface area contributed by atoms with E-state index >= 15 is 0 Å². The number of aromatic hydroxyl groups is 1. The topological polar surface area (TPSA) is 46.5 Å². The highest BCUT2D eigenvalue weighted by molar-refractivity contribution is 5.70. The van der Waals surface area contributed by atoms with Gasteiger partial charge < -0.3 is 9.84 Å². The third kappa shape index (κ3) is 3.42. The van der Waals surface area contributed by atoms with E-state index in [1.54, 1.807) is 12.1 Å². The Morgan fingerprint density at radius 2 is 2.06 bits per heavy atom. The van der Waals surface area contributed by atoms with Crippen LogP contribution in [-0.2, 0) is 9.53 Å². The first-order valence-corrected chi connectivity index (χ1v) is 5.16. The summed E-state index contributed by atoms with van der Waals surface area (Å²) in [4.78, 5) is 11.2. The molecular formula is C13H16O3. The third-order valence-corrected chi connectivity index (χ3v) is 2.36. The molecule has 1 aromatic rings. The first kappa shape index (κ1) is 12.3. The third-order valence-electron chi connectivity index (χ3n) is 2.36. The van der Waals surface area contributed by atoms with Crippen LogP contribution in [0.25, 0.3) is 0 Å². The fourth-order valence-corrected chi connectivity index (χ4v) is 1.51. The average molecular weight is 220 g/mol. The van der Waals surface area contributed by atoms with E-state index in [4.69, 9.17) is 0 Å². The van der Waals surface area contributed by atoms with Gasteiger partial charge in [0.05, 0.1) is 13.5 Å². The van der Waals surface area contributed by atoms with Crippen molar-refractivity contribution in [2.75, 3.05) is 7.11 Å². The Bertz CT molecular complexity index is 365. The monoisotopic (exact) mass is 220 g/mol. The highest BCUT2D eigenvalue weighted by Gasteiger charge is 2.13. The number of allylic oxidation sites excluding steroid dienone is 2. The molecule has 0 aliphatic rings. The molecule has 0 spiro atoms. The number of carbonyl (C=O) groups excluding carboxylic acids is 1. The van der Waals surface area contributed by atoms with E-state index in [0.717, 1.165) is 5.56 Å². The summed E-state index contributed by atoms with van der Waals surface area (Å²) < 4.78 is 4.65. The standard InChI is InChI=1S/C13H16O3/c1-3-4-11(9-13(15)16-2)10-5-7-12(14)8-6-10/h3-8,11,14H,9H2,1-2H3. The first-order chi connectivity index (χ1) is 7.67. The number of benzene rings is 1. The van der Waals surface area contributed by atoms with Gasteiger partial charge in [-0.25, -0.2) is 0 Å². The van der Waals surface area contributed by atoms with Crippen molar-refractivity contribution in [3.8, 4) is 5.75 Å². The minimum atomic E-state index is -0.240. The van der Waals surface area contributed by atoms with Gasteiger partial charge in [0.1, 0.15) is 5.75 Å². The summed E-state index contributed by atoms with van der Waals surface area (Å²) in [5.41, 5.74) is 0.987. The minimum absolute atomic E-state index is 0.00181. The number of carbonyl (C=O) groups is 1. The molecule has 0 fully saturated rings. The van der Waals surface area contributed by atoms with Crippen molar-refractivity contribution in [2.45, 2.75) is 19.3 Å². The SMILES string of the molecule is CC=CC(CC(=O)OC)c1ccc(O)cc1. The van der Waals surface area contributed by atoms with Crippen LogP contribution in [-0.4, -0.2) is 18.2 Å². The van der Waals surface area contributed by atoms with Crippen molar-refractivity contribution in [1.29, 1.82) is 0 Å². The minimum Gasteiger partial charge on any atom is -0.508 e. The quantitative estimate of drug-likeness (QED) is 0.626. The van der Waals surface area contributed by atoms with Crippen molar-refractivity contribution < 1.29 is 14.6 Å². The summed E-state index contributed by atoms with van der Waals surface area (Å²) in [7, 11) is 1.38. The Labute approximate surface area is 95.4 Å². The van der Waals surface area contributed by atoms with Gasteiger partial charge in [-0.05, 0) is 24.6 Å². The van der Waals surface area contributed by atoms with E-state index in [1.165, 1.54) is 7.11 Å². The number of phenols is 1. The van der Waals surface area contributed by atoms with Crippen LogP contribution in [0.5, 0.6) is 5.75 Å². The van der Waals surface area contributed by atoms with E-state index in [9.17, 15) is 9.90 Å². The molecule has 3 nitrogen and oxygen atoms in total. The summed E-state index contributed by atoms with van der Waals surface area (Å²) in [6.07, 6.45) is 4.16. The van der Waals surface area contributed by atoms with Crippen LogP contribution in [0, 0.1) is 0 Å². The Balaban J connectivity index is 2.84. The van der Waals surface area contributed by atoms with Crippen LogP contribution < -0.4 is 0 Å². The zero-order valence-electron chi connectivity index (χ0n) is 9.51. The molecule has 0 saturated carbocycles. The van der Waals surface area contributed by atoms with E-state index in [1.807, 2.05) is 31.2 Å². The number of methoxy groups -OCH3 is 1. The second-order valence-electron chi connectivity index (χ2n) is 3.50. The molecule has 0 heterocycles. The summed E-state index contributed by atoms with van der Waals surface area (Å²) >= 11 is 0. The lowest BCUT2D eigenvalue weighted by atomic mass is 9.95. The van der Waals surface area contributed by atoms with Crippen LogP contribution in [0.2, 0.25) is 0 Å². The normalized spacial score (nSPS) is 12.6. The maximum Gasteiger partial charge on any atom is 0.306 e. The van der Waals surface area contributed by atoms with Gasteiger partial charge >= 0.3 is 5.97 Å². The van der Waals surface area contributed by atoms with Crippen molar-refractivity contribution >= 4 is 5.97 Å². The average Bonchev–Trinajstić information content (AvgIpc) is 2.29. The molecule has 0 aromatic heterocycles. The predicted octanol–water partition coefficient (Wildman–Crippen LogP) is 2.62. The van der Waals surface area contributed by atoms with Gasteiger partial charge in [-0.3, -0.25) is 4.79 Å². The largest absolute Gasteiger partial charge is 0.508 e. The smallest absolute Gasteiger partial charge is 0.306 e. The molecule has 1 N–H and O–H groups in total. The molecule has 0 aliphatic carbocycles. The fraction of sp³-hybridized carbons (Fsp3) is 0.308. The van der Waals surface area contributed by atoms with Gasteiger partial charge in [-0.2, -0.15) is 0 Å². The van der Waals surface area contributed by atoms with Gasteiger partial charge in [0, 0.05) is 5.92 Å². The lowest BCUT2D eigenvalue weighted by molar-refractivity contribution is -0.140. The summed E-state index contributed by atoms with van der Waals surface area (Å²) in [5.74, 6) is -0.0183. The zero-order chi connectivity index (χ0) is 12.0. The van der Waals surface area contributed by atoms with E-state index in [-0.39, 0.29) is 17.6 Å². The summed E-state index contributed by atoms with van der Waals surface area (Å²) in [6.45, 7) is 1.91. The molecule has 86 valence electrons. The number of phenolic OH excluding ortho intramolecular Hbond substituents is 1. The Kier molecular flexibility index (Phi) is 4.58. The van der Waals surface area contributed by atoms with Gasteiger partial charge in [-0.1, -0.05) is 24.3 Å². The van der Waals surface area contributed by atoms with Crippen LogP contribution in [0.3, 0.4) is 0 Å². The number of hydrogen-bond acceptors (Lipinski definition) is 3. The van der Waals surface area contributed by atoms with Gasteiger partial charge in [-0.15, -0.1) is 0 Å². The van der Waals surface area contributed by atoms with Crippen LogP contribution in [0.4, 0.5) is 0 Å². The predicted molar refractivity (Wildman–Crippen MR) is 62.3 cm³/mol. The van der Waals surface area contributed by atoms with Crippen LogP contribution in [0.1, 0.15) is 24.8 Å². The van der Waals surface area contributed by atoms with Crippen molar-refractivity contribution in [3.63, 3.8) is 0 Å². The molecule has 1 atom stereocenters. The lowest BCUT2D eigenvalue weighted by Crippen LogP contribution is -2.06. The number of hydrogen-bond donors (Lipinski definition) is 1. The molecule has 0 amide bonds. The molecule has 1 unspecified atom stereocenters. The molecular weight excluding hydrogens is 204 g/mol. The number of esters is 1. The number of ether oxygens (including phenoxy) is 1. The van der Waals surface area contributed by atoms with Crippen molar-refractivity contribution in [2.24, 2.45) is 0 Å². The number of rotatable bonds is 4. The summed E-state index contributed by atoms with van der Waals surface area (Å²) in [5, 5.41) is 9.19. The second kappa shape index (κ2) is 5.95. The molecule has 1 rings (SSSR count). The lowest BCUT2D eigenvalue weighted by Gasteiger charge is -2.11. The van der Waals surface area contributed by atoms with Gasteiger partial charge in [0.2, 0.25) is 0 Å². The zero-order valence-corrected chi connectivity index (χ0v) is 9.51. The van der Waals surface area contributed by atoms with E-state index in [0.29, 0.717) is 6.42 Å². The maximum absolute atomic E-state index is 11.2. The highest BCUT2D eigenvalue weighted by Crippen LogP contribution is 2.23. The van der Waals surface area contributed by atoms with Gasteiger partial charge in [0.15, 0.2) is 0 Å². The second-order valence-corrected chi connectivity index (χ2v) is 3.50. The fourth-order valence-electron chi connectivity index (χ4n) is 1.51. The van der Waals surface area contributed by atoms with Gasteiger partial charge in [0.25, 0.3) is 0 Å². The molecule has 16 heavy (non-hydrogen) atoms. The molecule has 0 bridgehead atoms.